The lowest BCUT2D eigenvalue weighted by Gasteiger charge is -2.09. The summed E-state index contributed by atoms with van der Waals surface area (Å²) in [7, 11) is 0. The molecule has 2 heterocycles. The van der Waals surface area contributed by atoms with E-state index in [-0.39, 0.29) is 16.5 Å². The average Bonchev–Trinajstić information content (AvgIpc) is 2.27. The van der Waals surface area contributed by atoms with Gasteiger partial charge in [-0.3, -0.25) is 9.97 Å². The molecule has 0 aliphatic rings. The Labute approximate surface area is 105 Å². The molecular formula is C11H6ClF3N2O. The molecule has 0 atom stereocenters. The molecule has 0 amide bonds. The van der Waals surface area contributed by atoms with Gasteiger partial charge in [-0.05, 0) is 12.1 Å². The standard InChI is InChI=1S/C11H6ClF3N2O/c12-9-2-7(11(13,14)15)4-17-10(9)6-1-8(18)5-16-3-6/h1-5,18H. The zero-order chi connectivity index (χ0) is 13.3. The molecule has 2 aromatic heterocycles. The molecule has 0 saturated carbocycles. The number of pyridine rings is 2. The molecule has 0 fully saturated rings. The molecule has 0 aliphatic carbocycles. The van der Waals surface area contributed by atoms with Gasteiger partial charge in [0.1, 0.15) is 5.75 Å². The Morgan fingerprint density at radius 2 is 1.83 bits per heavy atom. The molecule has 0 bridgehead atoms. The van der Waals surface area contributed by atoms with Crippen molar-refractivity contribution in [3.63, 3.8) is 0 Å². The first kappa shape index (κ1) is 12.6. The van der Waals surface area contributed by atoms with Crippen LogP contribution in [0, 0.1) is 0 Å². The molecule has 0 unspecified atom stereocenters. The summed E-state index contributed by atoms with van der Waals surface area (Å²) in [6, 6.07) is 2.10. The molecule has 0 spiro atoms. The lowest BCUT2D eigenvalue weighted by molar-refractivity contribution is -0.137. The van der Waals surface area contributed by atoms with Gasteiger partial charge in [0.15, 0.2) is 0 Å². The van der Waals surface area contributed by atoms with Gasteiger partial charge in [0.25, 0.3) is 0 Å². The summed E-state index contributed by atoms with van der Waals surface area (Å²) in [5.41, 5.74) is -0.453. The zero-order valence-electron chi connectivity index (χ0n) is 8.74. The molecular weight excluding hydrogens is 269 g/mol. The fourth-order valence-electron chi connectivity index (χ4n) is 1.36. The summed E-state index contributed by atoms with van der Waals surface area (Å²) in [6.07, 6.45) is -1.26. The second-order valence-electron chi connectivity index (χ2n) is 3.48. The van der Waals surface area contributed by atoms with Crippen LogP contribution in [0.4, 0.5) is 13.2 Å². The average molecular weight is 275 g/mol. The number of halogens is 4. The normalized spacial score (nSPS) is 11.6. The van der Waals surface area contributed by atoms with Crippen LogP contribution in [-0.4, -0.2) is 15.1 Å². The van der Waals surface area contributed by atoms with Gasteiger partial charge in [0.05, 0.1) is 22.5 Å². The Bertz CT molecular complexity index is 587. The minimum Gasteiger partial charge on any atom is -0.506 e. The van der Waals surface area contributed by atoms with Crippen LogP contribution < -0.4 is 0 Å². The van der Waals surface area contributed by atoms with Gasteiger partial charge in [-0.25, -0.2) is 0 Å². The van der Waals surface area contributed by atoms with Crippen molar-refractivity contribution in [3.05, 3.63) is 41.3 Å². The van der Waals surface area contributed by atoms with Gasteiger partial charge in [-0.2, -0.15) is 13.2 Å². The van der Waals surface area contributed by atoms with Gasteiger partial charge in [-0.1, -0.05) is 11.6 Å². The number of rotatable bonds is 1. The van der Waals surface area contributed by atoms with Gasteiger partial charge < -0.3 is 5.11 Å². The van der Waals surface area contributed by atoms with E-state index < -0.39 is 11.7 Å². The zero-order valence-corrected chi connectivity index (χ0v) is 9.50. The van der Waals surface area contributed by atoms with Crippen LogP contribution in [0.3, 0.4) is 0 Å². The van der Waals surface area contributed by atoms with Crippen molar-refractivity contribution in [3.8, 4) is 17.0 Å². The van der Waals surface area contributed by atoms with E-state index in [1.54, 1.807) is 0 Å². The number of hydrogen-bond acceptors (Lipinski definition) is 3. The van der Waals surface area contributed by atoms with Crippen LogP contribution in [0.15, 0.2) is 30.7 Å². The van der Waals surface area contributed by atoms with E-state index in [2.05, 4.69) is 9.97 Å². The first-order valence-electron chi connectivity index (χ1n) is 4.75. The molecule has 0 saturated heterocycles. The predicted molar refractivity (Wildman–Crippen MR) is 59.1 cm³/mol. The van der Waals surface area contributed by atoms with Crippen molar-refractivity contribution < 1.29 is 18.3 Å². The number of nitrogens with zero attached hydrogens (tertiary/aromatic N) is 2. The van der Waals surface area contributed by atoms with Crippen molar-refractivity contribution >= 4 is 11.6 Å². The third-order valence-corrected chi connectivity index (χ3v) is 2.45. The molecule has 2 aromatic rings. The fourth-order valence-corrected chi connectivity index (χ4v) is 1.64. The molecule has 0 aromatic carbocycles. The minimum absolute atomic E-state index is 0.120. The van der Waals surface area contributed by atoms with E-state index in [4.69, 9.17) is 11.6 Å². The maximum Gasteiger partial charge on any atom is 0.417 e. The van der Waals surface area contributed by atoms with E-state index in [0.29, 0.717) is 11.8 Å². The SMILES string of the molecule is Oc1cncc(-c2ncc(C(F)(F)F)cc2Cl)c1. The fraction of sp³-hybridized carbons (Fsp3) is 0.0909. The number of aromatic nitrogens is 2. The summed E-state index contributed by atoms with van der Waals surface area (Å²) < 4.78 is 37.2. The van der Waals surface area contributed by atoms with Crippen LogP contribution in [0.2, 0.25) is 5.02 Å². The molecule has 18 heavy (non-hydrogen) atoms. The van der Waals surface area contributed by atoms with Crippen molar-refractivity contribution in [2.75, 3.05) is 0 Å². The van der Waals surface area contributed by atoms with Gasteiger partial charge in [0, 0.05) is 18.0 Å². The van der Waals surface area contributed by atoms with E-state index in [0.717, 1.165) is 6.07 Å². The highest BCUT2D eigenvalue weighted by Crippen LogP contribution is 2.34. The summed E-state index contributed by atoms with van der Waals surface area (Å²) in [6.45, 7) is 0. The maximum atomic E-state index is 12.4. The van der Waals surface area contributed by atoms with Crippen LogP contribution in [0.25, 0.3) is 11.3 Å². The second kappa shape index (κ2) is 4.45. The largest absolute Gasteiger partial charge is 0.506 e. The highest BCUT2D eigenvalue weighted by molar-refractivity contribution is 6.33. The Balaban J connectivity index is 2.48. The third-order valence-electron chi connectivity index (χ3n) is 2.17. The molecule has 7 heteroatoms. The molecule has 1 N–H and O–H groups in total. The first-order chi connectivity index (χ1) is 8.38. The summed E-state index contributed by atoms with van der Waals surface area (Å²) in [5.74, 6) is -0.120. The van der Waals surface area contributed by atoms with Crippen LogP contribution >= 0.6 is 11.6 Å². The van der Waals surface area contributed by atoms with E-state index in [1.807, 2.05) is 0 Å². The van der Waals surface area contributed by atoms with E-state index >= 15 is 0 Å². The monoisotopic (exact) mass is 274 g/mol. The highest BCUT2D eigenvalue weighted by Gasteiger charge is 2.31. The molecule has 0 radical (unpaired) electrons. The maximum absolute atomic E-state index is 12.4. The van der Waals surface area contributed by atoms with Gasteiger partial charge >= 0.3 is 6.18 Å². The van der Waals surface area contributed by atoms with Gasteiger partial charge in [-0.15, -0.1) is 0 Å². The topological polar surface area (TPSA) is 46.0 Å². The number of hydrogen-bond donors (Lipinski definition) is 1. The summed E-state index contributed by atoms with van der Waals surface area (Å²) in [4.78, 5) is 7.36. The van der Waals surface area contributed by atoms with Crippen LogP contribution in [0.1, 0.15) is 5.56 Å². The van der Waals surface area contributed by atoms with Crippen molar-refractivity contribution in [2.24, 2.45) is 0 Å². The van der Waals surface area contributed by atoms with Crippen molar-refractivity contribution in [2.45, 2.75) is 6.18 Å². The molecule has 2 rings (SSSR count). The lowest BCUT2D eigenvalue weighted by atomic mass is 10.1. The Kier molecular flexibility index (Phi) is 3.13. The quantitative estimate of drug-likeness (QED) is 0.865. The number of aromatic hydroxyl groups is 1. The first-order valence-corrected chi connectivity index (χ1v) is 5.13. The van der Waals surface area contributed by atoms with E-state index in [9.17, 15) is 18.3 Å². The Morgan fingerprint density at radius 3 is 2.39 bits per heavy atom. The second-order valence-corrected chi connectivity index (χ2v) is 3.89. The third kappa shape index (κ3) is 2.53. The lowest BCUT2D eigenvalue weighted by Crippen LogP contribution is -2.05. The minimum atomic E-state index is -4.49. The highest BCUT2D eigenvalue weighted by atomic mass is 35.5. The van der Waals surface area contributed by atoms with E-state index in [1.165, 1.54) is 18.5 Å². The Hall–Kier alpha value is -1.82. The van der Waals surface area contributed by atoms with Crippen molar-refractivity contribution in [1.82, 2.24) is 9.97 Å². The van der Waals surface area contributed by atoms with Crippen LogP contribution in [-0.2, 0) is 6.18 Å². The Morgan fingerprint density at radius 1 is 1.11 bits per heavy atom. The van der Waals surface area contributed by atoms with Crippen LogP contribution in [0.5, 0.6) is 5.75 Å². The van der Waals surface area contributed by atoms with Gasteiger partial charge in [0.2, 0.25) is 0 Å². The molecule has 3 nitrogen and oxygen atoms in total. The molecule has 0 aliphatic heterocycles. The molecule has 94 valence electrons. The van der Waals surface area contributed by atoms with Crippen molar-refractivity contribution in [1.29, 1.82) is 0 Å². The summed E-state index contributed by atoms with van der Waals surface area (Å²) in [5, 5.41) is 9.08. The summed E-state index contributed by atoms with van der Waals surface area (Å²) >= 11 is 5.75. The predicted octanol–water partition coefficient (Wildman–Crippen LogP) is 3.52. The number of alkyl halides is 3. The smallest absolute Gasteiger partial charge is 0.417 e.